The standard InChI is InChI=1S/C12H20N2O3/c1-2-6-15-7-8-16-9-10-17-12(11-14)4-3-5-13/h12H,2-4,6-10H2,1H3. The zero-order chi connectivity index (χ0) is 12.8. The van der Waals surface area contributed by atoms with Crippen molar-refractivity contribution in [3.63, 3.8) is 0 Å². The van der Waals surface area contributed by atoms with Crippen molar-refractivity contribution in [3.05, 3.63) is 0 Å². The van der Waals surface area contributed by atoms with Crippen molar-refractivity contribution in [3.8, 4) is 12.1 Å². The van der Waals surface area contributed by atoms with Crippen LogP contribution in [-0.4, -0.2) is 39.1 Å². The van der Waals surface area contributed by atoms with Crippen LogP contribution in [0.1, 0.15) is 26.2 Å². The molecular formula is C12H20N2O3. The largest absolute Gasteiger partial charge is 0.379 e. The van der Waals surface area contributed by atoms with Gasteiger partial charge in [0, 0.05) is 13.0 Å². The van der Waals surface area contributed by atoms with E-state index in [4.69, 9.17) is 24.7 Å². The predicted octanol–water partition coefficient (Wildman–Crippen LogP) is 1.64. The first-order chi connectivity index (χ1) is 8.35. The number of rotatable bonds is 11. The van der Waals surface area contributed by atoms with Crippen molar-refractivity contribution in [1.82, 2.24) is 0 Å². The van der Waals surface area contributed by atoms with Gasteiger partial charge in [0.15, 0.2) is 0 Å². The molecule has 1 unspecified atom stereocenters. The number of hydrogen-bond acceptors (Lipinski definition) is 5. The van der Waals surface area contributed by atoms with Gasteiger partial charge in [-0.15, -0.1) is 0 Å². The molecule has 0 spiro atoms. The Hall–Kier alpha value is -1.14. The summed E-state index contributed by atoms with van der Waals surface area (Å²) in [7, 11) is 0. The van der Waals surface area contributed by atoms with Gasteiger partial charge >= 0.3 is 0 Å². The molecule has 0 aromatic carbocycles. The molecule has 0 rings (SSSR count). The molecule has 1 atom stereocenters. The van der Waals surface area contributed by atoms with Crippen LogP contribution in [0.15, 0.2) is 0 Å². The number of hydrogen-bond donors (Lipinski definition) is 0. The summed E-state index contributed by atoms with van der Waals surface area (Å²) in [5.41, 5.74) is 0. The maximum absolute atomic E-state index is 8.71. The fraction of sp³-hybridized carbons (Fsp3) is 0.833. The number of nitrogens with zero attached hydrogens (tertiary/aromatic N) is 2. The molecule has 0 saturated carbocycles. The minimum Gasteiger partial charge on any atom is -0.379 e. The Morgan fingerprint density at radius 2 is 1.65 bits per heavy atom. The summed E-state index contributed by atoms with van der Waals surface area (Å²) in [6, 6.07) is 3.99. The maximum Gasteiger partial charge on any atom is 0.145 e. The molecule has 0 radical (unpaired) electrons. The minimum atomic E-state index is -0.505. The zero-order valence-corrected chi connectivity index (χ0v) is 10.4. The van der Waals surface area contributed by atoms with Crippen molar-refractivity contribution in [2.45, 2.75) is 32.3 Å². The monoisotopic (exact) mass is 240 g/mol. The lowest BCUT2D eigenvalue weighted by Gasteiger charge is -2.09. The van der Waals surface area contributed by atoms with Gasteiger partial charge in [-0.1, -0.05) is 6.92 Å². The second-order valence-electron chi connectivity index (χ2n) is 3.41. The van der Waals surface area contributed by atoms with Crippen molar-refractivity contribution < 1.29 is 14.2 Å². The summed E-state index contributed by atoms with van der Waals surface area (Å²) < 4.78 is 15.7. The Morgan fingerprint density at radius 3 is 2.24 bits per heavy atom. The van der Waals surface area contributed by atoms with Gasteiger partial charge in [0.05, 0.1) is 38.6 Å². The van der Waals surface area contributed by atoms with Gasteiger partial charge in [0.25, 0.3) is 0 Å². The molecule has 17 heavy (non-hydrogen) atoms. The third-order valence-corrected chi connectivity index (χ3v) is 1.93. The highest BCUT2D eigenvalue weighted by atomic mass is 16.5. The van der Waals surface area contributed by atoms with Gasteiger partial charge in [-0.3, -0.25) is 0 Å². The summed E-state index contributed by atoms with van der Waals surface area (Å²) in [6.45, 7) is 4.75. The molecule has 5 heteroatoms. The summed E-state index contributed by atoms with van der Waals surface area (Å²) in [4.78, 5) is 0. The fourth-order valence-corrected chi connectivity index (χ4v) is 1.10. The Kier molecular flexibility index (Phi) is 12.1. The van der Waals surface area contributed by atoms with E-state index in [-0.39, 0.29) is 0 Å². The van der Waals surface area contributed by atoms with Crippen LogP contribution in [0.2, 0.25) is 0 Å². The second kappa shape index (κ2) is 12.9. The van der Waals surface area contributed by atoms with Gasteiger partial charge < -0.3 is 14.2 Å². The van der Waals surface area contributed by atoms with Gasteiger partial charge in [0.1, 0.15) is 6.10 Å². The Morgan fingerprint density at radius 1 is 1.00 bits per heavy atom. The van der Waals surface area contributed by atoms with E-state index in [0.717, 1.165) is 13.0 Å². The van der Waals surface area contributed by atoms with Crippen LogP contribution < -0.4 is 0 Å². The predicted molar refractivity (Wildman–Crippen MR) is 62.1 cm³/mol. The molecule has 0 aliphatic rings. The van der Waals surface area contributed by atoms with Gasteiger partial charge in [-0.05, 0) is 12.8 Å². The smallest absolute Gasteiger partial charge is 0.145 e. The third-order valence-electron chi connectivity index (χ3n) is 1.93. The molecule has 0 N–H and O–H groups in total. The van der Waals surface area contributed by atoms with Crippen LogP contribution in [0.25, 0.3) is 0 Å². The highest BCUT2D eigenvalue weighted by molar-refractivity contribution is 4.86. The zero-order valence-electron chi connectivity index (χ0n) is 10.4. The van der Waals surface area contributed by atoms with Crippen LogP contribution in [-0.2, 0) is 14.2 Å². The molecule has 0 aliphatic carbocycles. The lowest BCUT2D eigenvalue weighted by Crippen LogP contribution is -2.15. The fourth-order valence-electron chi connectivity index (χ4n) is 1.10. The molecule has 0 fully saturated rings. The Labute approximate surface area is 103 Å². The lowest BCUT2D eigenvalue weighted by molar-refractivity contribution is 0.00128. The molecule has 0 aromatic rings. The second-order valence-corrected chi connectivity index (χ2v) is 3.41. The first-order valence-corrected chi connectivity index (χ1v) is 5.88. The molecule has 96 valence electrons. The normalized spacial score (nSPS) is 11.7. The third kappa shape index (κ3) is 11.1. The van der Waals surface area contributed by atoms with E-state index in [0.29, 0.717) is 39.3 Å². The van der Waals surface area contributed by atoms with Gasteiger partial charge in [-0.25, -0.2) is 0 Å². The van der Waals surface area contributed by atoms with E-state index < -0.39 is 6.10 Å². The van der Waals surface area contributed by atoms with Crippen LogP contribution >= 0.6 is 0 Å². The summed E-state index contributed by atoms with van der Waals surface area (Å²) in [5, 5.41) is 17.1. The molecule has 0 aliphatic heterocycles. The average Bonchev–Trinajstić information content (AvgIpc) is 2.36. The van der Waals surface area contributed by atoms with Crippen LogP contribution in [0.4, 0.5) is 0 Å². The van der Waals surface area contributed by atoms with Crippen LogP contribution in [0.5, 0.6) is 0 Å². The summed E-state index contributed by atoms with van der Waals surface area (Å²) >= 11 is 0. The summed E-state index contributed by atoms with van der Waals surface area (Å²) in [5.74, 6) is 0. The van der Waals surface area contributed by atoms with Gasteiger partial charge in [0.2, 0.25) is 0 Å². The van der Waals surface area contributed by atoms with Gasteiger partial charge in [-0.2, -0.15) is 10.5 Å². The maximum atomic E-state index is 8.71. The molecule has 0 bridgehead atoms. The van der Waals surface area contributed by atoms with E-state index in [2.05, 4.69) is 6.92 Å². The first-order valence-electron chi connectivity index (χ1n) is 5.88. The molecular weight excluding hydrogens is 220 g/mol. The molecule has 0 amide bonds. The lowest BCUT2D eigenvalue weighted by atomic mass is 10.2. The molecule has 0 saturated heterocycles. The highest BCUT2D eigenvalue weighted by Crippen LogP contribution is 2.00. The van der Waals surface area contributed by atoms with Crippen LogP contribution in [0.3, 0.4) is 0 Å². The topological polar surface area (TPSA) is 75.3 Å². The van der Waals surface area contributed by atoms with E-state index in [1.807, 2.05) is 12.1 Å². The van der Waals surface area contributed by atoms with Crippen LogP contribution in [0, 0.1) is 22.7 Å². The Balaban J connectivity index is 3.26. The van der Waals surface area contributed by atoms with E-state index in [9.17, 15) is 0 Å². The summed E-state index contributed by atoms with van der Waals surface area (Å²) in [6.07, 6.45) is 1.29. The first kappa shape index (κ1) is 15.9. The number of nitriles is 2. The number of ether oxygens (including phenoxy) is 3. The average molecular weight is 240 g/mol. The van der Waals surface area contributed by atoms with E-state index >= 15 is 0 Å². The molecule has 0 heterocycles. The van der Waals surface area contributed by atoms with Crippen molar-refractivity contribution in [2.24, 2.45) is 0 Å². The highest BCUT2D eigenvalue weighted by Gasteiger charge is 2.06. The van der Waals surface area contributed by atoms with Crippen molar-refractivity contribution in [1.29, 1.82) is 10.5 Å². The SMILES string of the molecule is CCCOCCOCCOC(C#N)CCC#N. The van der Waals surface area contributed by atoms with E-state index in [1.165, 1.54) is 0 Å². The molecule has 0 aromatic heterocycles. The minimum absolute atomic E-state index is 0.337. The van der Waals surface area contributed by atoms with E-state index in [1.54, 1.807) is 0 Å². The Bertz CT molecular complexity index is 245. The molecule has 5 nitrogen and oxygen atoms in total. The van der Waals surface area contributed by atoms with Crippen molar-refractivity contribution in [2.75, 3.05) is 33.0 Å². The quantitative estimate of drug-likeness (QED) is 0.513. The van der Waals surface area contributed by atoms with Crippen molar-refractivity contribution >= 4 is 0 Å².